The lowest BCUT2D eigenvalue weighted by molar-refractivity contribution is 0.365. The summed E-state index contributed by atoms with van der Waals surface area (Å²) in [5.74, 6) is 0. The molecular formula is C14H23NO2S. The summed E-state index contributed by atoms with van der Waals surface area (Å²) < 4.78 is 26.6. The highest BCUT2D eigenvalue weighted by Gasteiger charge is 2.14. The summed E-state index contributed by atoms with van der Waals surface area (Å²) in [6.45, 7) is 8.85. The van der Waals surface area contributed by atoms with Gasteiger partial charge >= 0.3 is 0 Å². The van der Waals surface area contributed by atoms with Crippen molar-refractivity contribution in [3.05, 3.63) is 29.8 Å². The molecule has 4 heteroatoms. The van der Waals surface area contributed by atoms with Crippen molar-refractivity contribution < 1.29 is 8.42 Å². The molecule has 0 radical (unpaired) electrons. The quantitative estimate of drug-likeness (QED) is 0.835. The first kappa shape index (κ1) is 15.2. The Balaban J connectivity index is 2.56. The van der Waals surface area contributed by atoms with Gasteiger partial charge in [0.2, 0.25) is 10.0 Å². The molecule has 0 bridgehead atoms. The van der Waals surface area contributed by atoms with Crippen LogP contribution in [0.15, 0.2) is 29.2 Å². The maximum atomic E-state index is 12.0. The minimum Gasteiger partial charge on any atom is -0.211 e. The molecule has 18 heavy (non-hydrogen) atoms. The third-order valence-corrected chi connectivity index (χ3v) is 4.15. The number of rotatable bonds is 5. The maximum Gasteiger partial charge on any atom is 0.240 e. The summed E-state index contributed by atoms with van der Waals surface area (Å²) in [6.07, 6.45) is 1.86. The normalized spacial score (nSPS) is 12.7. The average molecular weight is 269 g/mol. The molecule has 0 aliphatic heterocycles. The van der Waals surface area contributed by atoms with E-state index in [2.05, 4.69) is 25.5 Å². The largest absolute Gasteiger partial charge is 0.240 e. The first-order valence-electron chi connectivity index (χ1n) is 6.27. The molecule has 0 saturated carbocycles. The Hall–Kier alpha value is -0.870. The van der Waals surface area contributed by atoms with Crippen LogP contribution in [0.5, 0.6) is 0 Å². The Morgan fingerprint density at radius 3 is 2.44 bits per heavy atom. The minimum absolute atomic E-state index is 0.245. The molecule has 3 nitrogen and oxygen atoms in total. The predicted molar refractivity (Wildman–Crippen MR) is 75.1 cm³/mol. The topological polar surface area (TPSA) is 46.2 Å². The van der Waals surface area contributed by atoms with Crippen molar-refractivity contribution in [3.8, 4) is 0 Å². The van der Waals surface area contributed by atoms with Crippen molar-refractivity contribution in [1.29, 1.82) is 0 Å². The third kappa shape index (κ3) is 5.19. The second-order valence-corrected chi connectivity index (χ2v) is 7.65. The molecule has 0 aliphatic carbocycles. The highest BCUT2D eigenvalue weighted by molar-refractivity contribution is 7.89. The molecule has 0 aliphatic rings. The highest BCUT2D eigenvalue weighted by Crippen LogP contribution is 2.20. The fourth-order valence-electron chi connectivity index (χ4n) is 1.69. The number of hydrogen-bond donors (Lipinski definition) is 1. The van der Waals surface area contributed by atoms with Crippen LogP contribution >= 0.6 is 0 Å². The van der Waals surface area contributed by atoms with E-state index in [0.29, 0.717) is 11.4 Å². The molecule has 0 atom stereocenters. The Labute approximate surface area is 111 Å². The predicted octanol–water partition coefficient (Wildman–Crippen LogP) is 3.10. The zero-order chi connectivity index (χ0) is 13.8. The van der Waals surface area contributed by atoms with Gasteiger partial charge in [0.25, 0.3) is 0 Å². The van der Waals surface area contributed by atoms with Gasteiger partial charge in [-0.25, -0.2) is 13.1 Å². The maximum absolute atomic E-state index is 12.0. The molecular weight excluding hydrogens is 246 g/mol. The molecule has 0 spiro atoms. The lowest BCUT2D eigenvalue weighted by Crippen LogP contribution is -2.25. The van der Waals surface area contributed by atoms with Gasteiger partial charge in [-0.05, 0) is 42.9 Å². The molecule has 0 heterocycles. The molecule has 1 N–H and O–H groups in total. The van der Waals surface area contributed by atoms with Crippen molar-refractivity contribution in [3.63, 3.8) is 0 Å². The molecule has 1 aromatic carbocycles. The molecule has 0 fully saturated rings. The summed E-state index contributed by atoms with van der Waals surface area (Å²) in [6, 6.07) is 6.96. The number of aryl methyl sites for hydroxylation is 1. The minimum atomic E-state index is -3.35. The van der Waals surface area contributed by atoms with Gasteiger partial charge in [-0.1, -0.05) is 32.9 Å². The Bertz CT molecular complexity index is 487. The van der Waals surface area contributed by atoms with E-state index >= 15 is 0 Å². The van der Waals surface area contributed by atoms with Gasteiger partial charge in [0, 0.05) is 6.54 Å². The second kappa shape index (κ2) is 5.85. The van der Waals surface area contributed by atoms with Gasteiger partial charge < -0.3 is 0 Å². The Kier molecular flexibility index (Phi) is 4.93. The first-order valence-corrected chi connectivity index (χ1v) is 7.75. The van der Waals surface area contributed by atoms with Crippen LogP contribution < -0.4 is 4.72 Å². The van der Waals surface area contributed by atoms with Crippen LogP contribution in [-0.2, 0) is 10.0 Å². The van der Waals surface area contributed by atoms with E-state index < -0.39 is 10.0 Å². The SMILES string of the molecule is Cc1cccc(S(=O)(=O)NCCCC(C)(C)C)c1. The van der Waals surface area contributed by atoms with Gasteiger partial charge in [0.15, 0.2) is 0 Å². The Morgan fingerprint density at radius 1 is 1.22 bits per heavy atom. The fraction of sp³-hybridized carbons (Fsp3) is 0.571. The number of benzene rings is 1. The highest BCUT2D eigenvalue weighted by atomic mass is 32.2. The van der Waals surface area contributed by atoms with Crippen LogP contribution in [0.3, 0.4) is 0 Å². The van der Waals surface area contributed by atoms with Gasteiger partial charge in [0.05, 0.1) is 4.90 Å². The van der Waals surface area contributed by atoms with E-state index in [1.54, 1.807) is 18.2 Å². The molecule has 0 unspecified atom stereocenters. The van der Waals surface area contributed by atoms with E-state index in [1.807, 2.05) is 13.0 Å². The number of hydrogen-bond acceptors (Lipinski definition) is 2. The first-order chi connectivity index (χ1) is 8.21. The fourth-order valence-corrected chi connectivity index (χ4v) is 2.87. The van der Waals surface area contributed by atoms with Crippen molar-refractivity contribution in [1.82, 2.24) is 4.72 Å². The van der Waals surface area contributed by atoms with E-state index in [1.165, 1.54) is 0 Å². The lowest BCUT2D eigenvalue weighted by atomic mass is 9.91. The summed E-state index contributed by atoms with van der Waals surface area (Å²) in [5, 5.41) is 0. The summed E-state index contributed by atoms with van der Waals surface area (Å²) in [5.41, 5.74) is 1.20. The van der Waals surface area contributed by atoms with Crippen molar-refractivity contribution in [2.45, 2.75) is 45.4 Å². The molecule has 1 rings (SSSR count). The second-order valence-electron chi connectivity index (χ2n) is 5.88. The monoisotopic (exact) mass is 269 g/mol. The molecule has 0 saturated heterocycles. The summed E-state index contributed by atoms with van der Waals surface area (Å²) in [7, 11) is -3.35. The third-order valence-electron chi connectivity index (χ3n) is 2.70. The van der Waals surface area contributed by atoms with Gasteiger partial charge in [0.1, 0.15) is 0 Å². The van der Waals surface area contributed by atoms with Gasteiger partial charge in [-0.3, -0.25) is 0 Å². The van der Waals surface area contributed by atoms with Crippen molar-refractivity contribution in [2.75, 3.05) is 6.54 Å². The zero-order valence-electron chi connectivity index (χ0n) is 11.7. The Morgan fingerprint density at radius 2 is 1.89 bits per heavy atom. The van der Waals surface area contributed by atoms with Crippen LogP contribution in [0.2, 0.25) is 0 Å². The average Bonchev–Trinajstić information content (AvgIpc) is 2.23. The lowest BCUT2D eigenvalue weighted by Gasteiger charge is -2.17. The van der Waals surface area contributed by atoms with Crippen LogP contribution in [-0.4, -0.2) is 15.0 Å². The van der Waals surface area contributed by atoms with E-state index in [9.17, 15) is 8.42 Å². The standard InChI is InChI=1S/C14H23NO2S/c1-12-7-5-8-13(11-12)18(16,17)15-10-6-9-14(2,3)4/h5,7-8,11,15H,6,9-10H2,1-4H3. The molecule has 102 valence electrons. The van der Waals surface area contributed by atoms with Crippen LogP contribution in [0.25, 0.3) is 0 Å². The van der Waals surface area contributed by atoms with E-state index in [-0.39, 0.29) is 5.41 Å². The van der Waals surface area contributed by atoms with Crippen molar-refractivity contribution >= 4 is 10.0 Å². The molecule has 1 aromatic rings. The number of nitrogens with one attached hydrogen (secondary N) is 1. The summed E-state index contributed by atoms with van der Waals surface area (Å²) >= 11 is 0. The van der Waals surface area contributed by atoms with Gasteiger partial charge in [-0.2, -0.15) is 0 Å². The van der Waals surface area contributed by atoms with Crippen LogP contribution in [0.1, 0.15) is 39.2 Å². The summed E-state index contributed by atoms with van der Waals surface area (Å²) in [4.78, 5) is 0.346. The zero-order valence-corrected chi connectivity index (χ0v) is 12.5. The van der Waals surface area contributed by atoms with E-state index in [4.69, 9.17) is 0 Å². The van der Waals surface area contributed by atoms with Gasteiger partial charge in [-0.15, -0.1) is 0 Å². The smallest absolute Gasteiger partial charge is 0.211 e. The molecule has 0 amide bonds. The van der Waals surface area contributed by atoms with E-state index in [0.717, 1.165) is 18.4 Å². The van der Waals surface area contributed by atoms with Crippen LogP contribution in [0, 0.1) is 12.3 Å². The van der Waals surface area contributed by atoms with Crippen LogP contribution in [0.4, 0.5) is 0 Å². The molecule has 0 aromatic heterocycles. The van der Waals surface area contributed by atoms with Crippen molar-refractivity contribution in [2.24, 2.45) is 5.41 Å². The number of sulfonamides is 1.